The molecular weight excluding hydrogens is 318 g/mol. The van der Waals surface area contributed by atoms with Crippen molar-refractivity contribution in [1.29, 1.82) is 0 Å². The first-order valence-electron chi connectivity index (χ1n) is 8.88. The van der Waals surface area contributed by atoms with Gasteiger partial charge in [-0.3, -0.25) is 9.80 Å². The van der Waals surface area contributed by atoms with Crippen molar-refractivity contribution < 1.29 is 4.74 Å². The second kappa shape index (κ2) is 7.74. The second-order valence-corrected chi connectivity index (χ2v) is 7.64. The van der Waals surface area contributed by atoms with E-state index in [0.717, 1.165) is 39.3 Å². The molecule has 2 aliphatic rings. The molecule has 0 bridgehead atoms. The molecule has 4 rings (SSSR count). The van der Waals surface area contributed by atoms with E-state index in [9.17, 15) is 0 Å². The summed E-state index contributed by atoms with van der Waals surface area (Å²) in [5.41, 5.74) is 1.44. The third-order valence-corrected chi connectivity index (χ3v) is 6.01. The van der Waals surface area contributed by atoms with E-state index < -0.39 is 0 Å². The first-order chi connectivity index (χ1) is 11.9. The third-order valence-electron chi connectivity index (χ3n) is 5.25. The van der Waals surface area contributed by atoms with Crippen LogP contribution in [0.2, 0.25) is 0 Å². The van der Waals surface area contributed by atoms with Crippen molar-refractivity contribution in [1.82, 2.24) is 14.8 Å². The Hall–Kier alpha value is -1.27. The molecule has 1 aromatic heterocycles. The Kier molecular flexibility index (Phi) is 5.23. The fourth-order valence-corrected chi connectivity index (χ4v) is 4.70. The van der Waals surface area contributed by atoms with Gasteiger partial charge in [0, 0.05) is 43.3 Å². The fourth-order valence-electron chi connectivity index (χ4n) is 4.06. The van der Waals surface area contributed by atoms with Gasteiger partial charge in [-0.05, 0) is 18.4 Å². The molecule has 0 N–H and O–H groups in total. The highest BCUT2D eigenvalue weighted by atomic mass is 32.1. The van der Waals surface area contributed by atoms with Gasteiger partial charge in [-0.1, -0.05) is 30.3 Å². The van der Waals surface area contributed by atoms with E-state index >= 15 is 0 Å². The highest BCUT2D eigenvalue weighted by Crippen LogP contribution is 2.28. The average Bonchev–Trinajstić information content (AvgIpc) is 3.28. The van der Waals surface area contributed by atoms with Crippen molar-refractivity contribution >= 4 is 11.3 Å². The summed E-state index contributed by atoms with van der Waals surface area (Å²) in [5, 5.41) is 3.31. The van der Waals surface area contributed by atoms with E-state index in [1.165, 1.54) is 23.5 Å². The number of rotatable bonds is 5. The molecule has 0 amide bonds. The zero-order valence-corrected chi connectivity index (χ0v) is 14.8. The van der Waals surface area contributed by atoms with Gasteiger partial charge in [-0.15, -0.1) is 11.3 Å². The van der Waals surface area contributed by atoms with Crippen LogP contribution in [0.25, 0.3) is 0 Å². The number of nitrogens with zero attached hydrogens (tertiary/aromatic N) is 3. The molecule has 0 unspecified atom stereocenters. The van der Waals surface area contributed by atoms with Crippen molar-refractivity contribution in [3.63, 3.8) is 0 Å². The molecule has 2 saturated heterocycles. The molecular formula is C19H25N3OS. The number of likely N-dealkylation sites (tertiary alicyclic amines) is 1. The first-order valence-corrected chi connectivity index (χ1v) is 9.76. The van der Waals surface area contributed by atoms with E-state index in [1.807, 2.05) is 6.20 Å². The Morgan fingerprint density at radius 2 is 1.96 bits per heavy atom. The molecule has 4 nitrogen and oxygen atoms in total. The highest BCUT2D eigenvalue weighted by Gasteiger charge is 2.38. The molecule has 1 aromatic carbocycles. The number of morpholine rings is 1. The zero-order chi connectivity index (χ0) is 16.2. The summed E-state index contributed by atoms with van der Waals surface area (Å²) in [6, 6.07) is 12.1. The van der Waals surface area contributed by atoms with Crippen LogP contribution in [0, 0.1) is 0 Å². The Labute approximate surface area is 148 Å². The number of thiazole rings is 1. The highest BCUT2D eigenvalue weighted by molar-refractivity contribution is 7.09. The van der Waals surface area contributed by atoms with Crippen molar-refractivity contribution in [2.45, 2.75) is 31.5 Å². The van der Waals surface area contributed by atoms with Crippen molar-refractivity contribution in [2.75, 3.05) is 32.8 Å². The van der Waals surface area contributed by atoms with Crippen LogP contribution in [0.5, 0.6) is 0 Å². The van der Waals surface area contributed by atoms with E-state index in [-0.39, 0.29) is 0 Å². The topological polar surface area (TPSA) is 28.6 Å². The van der Waals surface area contributed by atoms with Crippen molar-refractivity contribution in [2.24, 2.45) is 0 Å². The number of benzene rings is 1. The first kappa shape index (κ1) is 16.2. The van der Waals surface area contributed by atoms with E-state index in [0.29, 0.717) is 12.1 Å². The molecule has 3 heterocycles. The smallest absolute Gasteiger partial charge is 0.107 e. The number of aromatic nitrogens is 1. The van der Waals surface area contributed by atoms with Gasteiger partial charge < -0.3 is 4.74 Å². The Morgan fingerprint density at radius 1 is 1.12 bits per heavy atom. The Morgan fingerprint density at radius 3 is 2.71 bits per heavy atom. The van der Waals surface area contributed by atoms with Gasteiger partial charge in [0.15, 0.2) is 0 Å². The monoisotopic (exact) mass is 343 g/mol. The second-order valence-electron chi connectivity index (χ2n) is 6.66. The SMILES string of the molecule is c1ccc(C[C@H]2[C@H](N3CCOCC3)CCN2Cc2nccs2)cc1. The maximum absolute atomic E-state index is 5.56. The van der Waals surface area contributed by atoms with Crippen LogP contribution >= 0.6 is 11.3 Å². The van der Waals surface area contributed by atoms with Crippen molar-refractivity contribution in [3.8, 4) is 0 Å². The molecule has 5 heteroatoms. The quantitative estimate of drug-likeness (QED) is 0.834. The normalized spacial score (nSPS) is 26.0. The molecule has 2 aliphatic heterocycles. The van der Waals surface area contributed by atoms with Crippen LogP contribution in [-0.2, 0) is 17.7 Å². The summed E-state index contributed by atoms with van der Waals surface area (Å²) in [5.74, 6) is 0. The lowest BCUT2D eigenvalue weighted by Gasteiger charge is -2.37. The molecule has 128 valence electrons. The predicted molar refractivity (Wildman–Crippen MR) is 97.3 cm³/mol. The summed E-state index contributed by atoms with van der Waals surface area (Å²) in [6.07, 6.45) is 4.29. The van der Waals surface area contributed by atoms with Gasteiger partial charge >= 0.3 is 0 Å². The Bertz CT molecular complexity index is 613. The summed E-state index contributed by atoms with van der Waals surface area (Å²) in [4.78, 5) is 9.80. The van der Waals surface area contributed by atoms with Gasteiger partial charge in [0.1, 0.15) is 5.01 Å². The van der Waals surface area contributed by atoms with E-state index in [1.54, 1.807) is 11.3 Å². The Balaban J connectivity index is 1.52. The van der Waals surface area contributed by atoms with Gasteiger partial charge in [0.25, 0.3) is 0 Å². The fraction of sp³-hybridized carbons (Fsp3) is 0.526. The molecule has 24 heavy (non-hydrogen) atoms. The van der Waals surface area contributed by atoms with Crippen molar-refractivity contribution in [3.05, 3.63) is 52.5 Å². The number of hydrogen-bond donors (Lipinski definition) is 0. The van der Waals surface area contributed by atoms with Crippen LogP contribution in [0.3, 0.4) is 0 Å². The lowest BCUT2D eigenvalue weighted by atomic mass is 9.98. The molecule has 0 saturated carbocycles. The van der Waals surface area contributed by atoms with Crippen LogP contribution in [0.15, 0.2) is 41.9 Å². The van der Waals surface area contributed by atoms with E-state index in [4.69, 9.17) is 4.74 Å². The molecule has 0 spiro atoms. The summed E-state index contributed by atoms with van der Waals surface area (Å²) in [6.45, 7) is 6.04. The average molecular weight is 343 g/mol. The summed E-state index contributed by atoms with van der Waals surface area (Å²) >= 11 is 1.77. The van der Waals surface area contributed by atoms with Gasteiger partial charge in [-0.25, -0.2) is 4.98 Å². The van der Waals surface area contributed by atoms with Gasteiger partial charge in [0.05, 0.1) is 19.8 Å². The van der Waals surface area contributed by atoms with Crippen LogP contribution < -0.4 is 0 Å². The molecule has 2 aromatic rings. The van der Waals surface area contributed by atoms with Crippen LogP contribution in [-0.4, -0.2) is 59.7 Å². The number of hydrogen-bond acceptors (Lipinski definition) is 5. The van der Waals surface area contributed by atoms with Crippen LogP contribution in [0.1, 0.15) is 17.0 Å². The van der Waals surface area contributed by atoms with Gasteiger partial charge in [0.2, 0.25) is 0 Å². The summed E-state index contributed by atoms with van der Waals surface area (Å²) < 4.78 is 5.56. The zero-order valence-electron chi connectivity index (χ0n) is 14.0. The molecule has 2 atom stereocenters. The number of ether oxygens (including phenoxy) is 1. The minimum atomic E-state index is 0.564. The maximum Gasteiger partial charge on any atom is 0.107 e. The third kappa shape index (κ3) is 3.70. The minimum Gasteiger partial charge on any atom is -0.379 e. The largest absolute Gasteiger partial charge is 0.379 e. The lowest BCUT2D eigenvalue weighted by molar-refractivity contribution is 0.00789. The molecule has 2 fully saturated rings. The van der Waals surface area contributed by atoms with Gasteiger partial charge in [-0.2, -0.15) is 0 Å². The standard InChI is InChI=1S/C19H25N3OS/c1-2-4-16(5-3-1)14-18-17(21-9-11-23-12-10-21)6-8-22(18)15-19-20-7-13-24-19/h1-5,7,13,17-18H,6,8-12,14-15H2/t17-,18+/m1/s1. The molecule has 0 radical (unpaired) electrons. The molecule has 0 aliphatic carbocycles. The maximum atomic E-state index is 5.56. The minimum absolute atomic E-state index is 0.564. The predicted octanol–water partition coefficient (Wildman–Crippen LogP) is 2.66. The van der Waals surface area contributed by atoms with E-state index in [2.05, 4.69) is 50.5 Å². The summed E-state index contributed by atoms with van der Waals surface area (Å²) in [7, 11) is 0. The van der Waals surface area contributed by atoms with Crippen LogP contribution in [0.4, 0.5) is 0 Å². The lowest BCUT2D eigenvalue weighted by Crippen LogP contribution is -2.50.